The van der Waals surface area contributed by atoms with Crippen LogP contribution in [0.4, 0.5) is 0 Å². The number of rotatable bonds is 9. The standard InChI is InChI=1S/C15H23BrN2OS.ClH/c1-12(17)8-9-15(19)18-10-4-5-11-20-14-7-3-2-6-13(14)16;/h2-3,6-7,12H,4-5,8-11,17H2,1H3,(H,18,19);1H. The Bertz CT molecular complexity index is 418. The van der Waals surface area contributed by atoms with Crippen molar-refractivity contribution < 1.29 is 4.79 Å². The third kappa shape index (κ3) is 10.2. The monoisotopic (exact) mass is 394 g/mol. The van der Waals surface area contributed by atoms with E-state index in [2.05, 4.69) is 33.4 Å². The van der Waals surface area contributed by atoms with Gasteiger partial charge in [-0.05, 0) is 60.0 Å². The molecule has 0 fully saturated rings. The number of carbonyl (C=O) groups is 1. The Kier molecular flexibility index (Phi) is 12.2. The molecule has 120 valence electrons. The van der Waals surface area contributed by atoms with Crippen LogP contribution in [0.15, 0.2) is 33.6 Å². The molecule has 0 heterocycles. The molecule has 0 aliphatic rings. The molecule has 0 aliphatic heterocycles. The maximum absolute atomic E-state index is 11.5. The average molecular weight is 396 g/mol. The van der Waals surface area contributed by atoms with Crippen molar-refractivity contribution in [1.82, 2.24) is 5.32 Å². The Labute approximate surface area is 146 Å². The van der Waals surface area contributed by atoms with Crippen LogP contribution in [0.5, 0.6) is 0 Å². The van der Waals surface area contributed by atoms with Gasteiger partial charge >= 0.3 is 0 Å². The van der Waals surface area contributed by atoms with E-state index in [0.29, 0.717) is 6.42 Å². The highest BCUT2D eigenvalue weighted by Crippen LogP contribution is 2.27. The van der Waals surface area contributed by atoms with Crippen molar-refractivity contribution in [3.63, 3.8) is 0 Å². The van der Waals surface area contributed by atoms with Crippen LogP contribution in [-0.2, 0) is 4.79 Å². The summed E-state index contributed by atoms with van der Waals surface area (Å²) in [6.07, 6.45) is 3.40. The van der Waals surface area contributed by atoms with Crippen LogP contribution in [0.1, 0.15) is 32.6 Å². The minimum Gasteiger partial charge on any atom is -0.356 e. The molecule has 0 aromatic heterocycles. The van der Waals surface area contributed by atoms with Crippen LogP contribution in [0, 0.1) is 0 Å². The van der Waals surface area contributed by atoms with Gasteiger partial charge in [-0.1, -0.05) is 12.1 Å². The van der Waals surface area contributed by atoms with Gasteiger partial charge in [-0.2, -0.15) is 0 Å². The molecule has 0 spiro atoms. The molecule has 1 amide bonds. The second-order valence-electron chi connectivity index (χ2n) is 4.85. The minimum absolute atomic E-state index is 0. The van der Waals surface area contributed by atoms with E-state index in [0.717, 1.165) is 36.0 Å². The molecule has 3 N–H and O–H groups in total. The molecular formula is C15H24BrClN2OS. The smallest absolute Gasteiger partial charge is 0.220 e. The molecule has 1 unspecified atom stereocenters. The highest BCUT2D eigenvalue weighted by atomic mass is 79.9. The average Bonchev–Trinajstić information content (AvgIpc) is 2.42. The van der Waals surface area contributed by atoms with E-state index < -0.39 is 0 Å². The Hall–Kier alpha value is -0.230. The van der Waals surface area contributed by atoms with Gasteiger partial charge in [-0.15, -0.1) is 24.2 Å². The van der Waals surface area contributed by atoms with Crippen molar-refractivity contribution in [2.75, 3.05) is 12.3 Å². The van der Waals surface area contributed by atoms with Gasteiger partial charge < -0.3 is 11.1 Å². The maximum atomic E-state index is 11.5. The highest BCUT2D eigenvalue weighted by molar-refractivity contribution is 9.10. The largest absolute Gasteiger partial charge is 0.356 e. The van der Waals surface area contributed by atoms with E-state index in [9.17, 15) is 4.79 Å². The number of amides is 1. The summed E-state index contributed by atoms with van der Waals surface area (Å²) in [7, 11) is 0. The van der Waals surface area contributed by atoms with E-state index >= 15 is 0 Å². The first kappa shape index (κ1) is 20.8. The third-order valence-electron chi connectivity index (χ3n) is 2.81. The summed E-state index contributed by atoms with van der Waals surface area (Å²) in [4.78, 5) is 12.7. The summed E-state index contributed by atoms with van der Waals surface area (Å²) in [6, 6.07) is 8.34. The number of nitrogens with one attached hydrogen (secondary N) is 1. The molecule has 3 nitrogen and oxygen atoms in total. The molecule has 0 bridgehead atoms. The van der Waals surface area contributed by atoms with Gasteiger partial charge in [0.1, 0.15) is 0 Å². The zero-order valence-corrected chi connectivity index (χ0v) is 15.5. The van der Waals surface area contributed by atoms with Crippen LogP contribution < -0.4 is 11.1 Å². The van der Waals surface area contributed by atoms with Gasteiger partial charge in [0.15, 0.2) is 0 Å². The highest BCUT2D eigenvalue weighted by Gasteiger charge is 2.03. The molecule has 1 aromatic rings. The number of hydrogen-bond acceptors (Lipinski definition) is 3. The van der Waals surface area contributed by atoms with Crippen LogP contribution in [-0.4, -0.2) is 24.2 Å². The van der Waals surface area contributed by atoms with Crippen LogP contribution in [0.25, 0.3) is 0 Å². The lowest BCUT2D eigenvalue weighted by Gasteiger charge is -2.07. The van der Waals surface area contributed by atoms with Crippen LogP contribution in [0.3, 0.4) is 0 Å². The van der Waals surface area contributed by atoms with Gasteiger partial charge in [0.05, 0.1) is 0 Å². The van der Waals surface area contributed by atoms with Crippen molar-refractivity contribution in [2.45, 2.75) is 43.5 Å². The number of hydrogen-bond donors (Lipinski definition) is 2. The first-order valence-electron chi connectivity index (χ1n) is 6.99. The number of thioether (sulfide) groups is 1. The van der Waals surface area contributed by atoms with Crippen molar-refractivity contribution in [3.8, 4) is 0 Å². The topological polar surface area (TPSA) is 55.1 Å². The molecule has 1 aromatic carbocycles. The summed E-state index contributed by atoms with van der Waals surface area (Å²) in [5.74, 6) is 1.18. The molecule has 6 heteroatoms. The lowest BCUT2D eigenvalue weighted by atomic mass is 10.2. The molecular weight excluding hydrogens is 372 g/mol. The van der Waals surface area contributed by atoms with E-state index in [1.54, 1.807) is 0 Å². The maximum Gasteiger partial charge on any atom is 0.220 e. The SMILES string of the molecule is CC(N)CCC(=O)NCCCCSc1ccccc1Br.Cl. The minimum atomic E-state index is 0. The molecule has 0 saturated carbocycles. The van der Waals surface area contributed by atoms with Gasteiger partial charge in [-0.3, -0.25) is 4.79 Å². The van der Waals surface area contributed by atoms with Crippen LogP contribution in [0.2, 0.25) is 0 Å². The summed E-state index contributed by atoms with van der Waals surface area (Å²) in [5, 5.41) is 2.94. The summed E-state index contributed by atoms with van der Waals surface area (Å²) < 4.78 is 1.15. The summed E-state index contributed by atoms with van der Waals surface area (Å²) >= 11 is 5.38. The second kappa shape index (κ2) is 12.3. The first-order valence-corrected chi connectivity index (χ1v) is 8.77. The first-order chi connectivity index (χ1) is 9.59. The van der Waals surface area contributed by atoms with Crippen molar-refractivity contribution >= 4 is 46.0 Å². The zero-order chi connectivity index (χ0) is 14.8. The van der Waals surface area contributed by atoms with Gasteiger partial charge in [0.25, 0.3) is 0 Å². The fourth-order valence-corrected chi connectivity index (χ4v) is 3.22. The fraction of sp³-hybridized carbons (Fsp3) is 0.533. The number of carbonyl (C=O) groups excluding carboxylic acids is 1. The third-order valence-corrected chi connectivity index (χ3v) is 4.93. The Morgan fingerprint density at radius 2 is 2.10 bits per heavy atom. The van der Waals surface area contributed by atoms with Gasteiger partial charge in [-0.25, -0.2) is 0 Å². The normalized spacial score (nSPS) is 11.6. The molecule has 1 atom stereocenters. The lowest BCUT2D eigenvalue weighted by Crippen LogP contribution is -2.26. The zero-order valence-electron chi connectivity index (χ0n) is 12.3. The Morgan fingerprint density at radius 3 is 2.76 bits per heavy atom. The Balaban J connectivity index is 0.00000400. The second-order valence-corrected chi connectivity index (χ2v) is 6.84. The van der Waals surface area contributed by atoms with Gasteiger partial charge in [0.2, 0.25) is 5.91 Å². The molecule has 21 heavy (non-hydrogen) atoms. The van der Waals surface area contributed by atoms with E-state index in [1.807, 2.05) is 30.8 Å². The Morgan fingerprint density at radius 1 is 1.38 bits per heavy atom. The van der Waals surface area contributed by atoms with Crippen LogP contribution >= 0.6 is 40.1 Å². The van der Waals surface area contributed by atoms with E-state index in [4.69, 9.17) is 5.73 Å². The number of halogens is 2. The molecule has 1 rings (SSSR count). The van der Waals surface area contributed by atoms with Crippen molar-refractivity contribution in [2.24, 2.45) is 5.73 Å². The number of benzene rings is 1. The van der Waals surface area contributed by atoms with Gasteiger partial charge in [0, 0.05) is 28.4 Å². The fourth-order valence-electron chi connectivity index (χ4n) is 1.65. The predicted octanol–water partition coefficient (Wildman–Crippen LogP) is 3.99. The molecule has 0 radical (unpaired) electrons. The molecule has 0 aliphatic carbocycles. The number of unbranched alkanes of at least 4 members (excludes halogenated alkanes) is 1. The van der Waals surface area contributed by atoms with Crippen molar-refractivity contribution in [3.05, 3.63) is 28.7 Å². The van der Waals surface area contributed by atoms with E-state index in [1.165, 1.54) is 4.90 Å². The lowest BCUT2D eigenvalue weighted by molar-refractivity contribution is -0.121. The predicted molar refractivity (Wildman–Crippen MR) is 97.2 cm³/mol. The molecule has 0 saturated heterocycles. The van der Waals surface area contributed by atoms with Crippen molar-refractivity contribution in [1.29, 1.82) is 0 Å². The number of nitrogens with two attached hydrogens (primary N) is 1. The summed E-state index contributed by atoms with van der Waals surface area (Å²) in [5.41, 5.74) is 5.62. The quantitative estimate of drug-likeness (QED) is 0.491. The summed E-state index contributed by atoms with van der Waals surface area (Å²) in [6.45, 7) is 2.68. The van der Waals surface area contributed by atoms with E-state index in [-0.39, 0.29) is 24.4 Å².